The minimum Gasteiger partial charge on any atom is -0.481 e. The van der Waals surface area contributed by atoms with Gasteiger partial charge in [-0.3, -0.25) is 24.2 Å². The molecule has 2 saturated heterocycles. The summed E-state index contributed by atoms with van der Waals surface area (Å²) in [4.78, 5) is 56.5. The quantitative estimate of drug-likeness (QED) is 0.225. The molecule has 2 amide bonds. The predicted octanol–water partition coefficient (Wildman–Crippen LogP) is 4.57. The van der Waals surface area contributed by atoms with Gasteiger partial charge in [-0.05, 0) is 73.3 Å². The summed E-state index contributed by atoms with van der Waals surface area (Å²) in [5, 5.41) is 25.2. The molecule has 3 aliphatic rings. The summed E-state index contributed by atoms with van der Waals surface area (Å²) in [7, 11) is 0. The number of nitrogens with zero attached hydrogens (tertiary/aromatic N) is 1. The van der Waals surface area contributed by atoms with Gasteiger partial charge in [0, 0.05) is 66.7 Å². The zero-order valence-corrected chi connectivity index (χ0v) is 26.2. The molecule has 1 aromatic rings. The van der Waals surface area contributed by atoms with Gasteiger partial charge >= 0.3 is 11.9 Å². The molecule has 0 spiro atoms. The van der Waals surface area contributed by atoms with Gasteiger partial charge in [0.1, 0.15) is 0 Å². The number of amides is 2. The number of rotatable bonds is 13. The molecule has 0 aromatic carbocycles. The van der Waals surface area contributed by atoms with Crippen LogP contribution in [0.25, 0.3) is 6.08 Å². The van der Waals surface area contributed by atoms with Crippen molar-refractivity contribution in [1.29, 1.82) is 0 Å². The Kier molecular flexibility index (Phi) is 9.97. The van der Waals surface area contributed by atoms with Crippen LogP contribution in [-0.2, 0) is 32.0 Å². The van der Waals surface area contributed by atoms with Gasteiger partial charge in [-0.15, -0.1) is 0 Å². The molecule has 10 heteroatoms. The highest BCUT2D eigenvalue weighted by Crippen LogP contribution is 2.37. The van der Waals surface area contributed by atoms with Gasteiger partial charge in [0.15, 0.2) is 0 Å². The van der Waals surface area contributed by atoms with E-state index in [1.54, 1.807) is 0 Å². The number of hydrogen-bond acceptors (Lipinski definition) is 5. The molecule has 0 aliphatic carbocycles. The number of hydrogen-bond donors (Lipinski definition) is 5. The zero-order valence-electron chi connectivity index (χ0n) is 26.2. The number of carboxylic acid groups (broad SMARTS) is 2. The smallest absolute Gasteiger partial charge is 0.303 e. The first-order valence-electron chi connectivity index (χ1n) is 15.6. The van der Waals surface area contributed by atoms with Gasteiger partial charge in [0.2, 0.25) is 11.8 Å². The molecular formula is C33H46N4O6. The number of aliphatic imine (C=N–C) groups is 1. The van der Waals surface area contributed by atoms with Crippen molar-refractivity contribution in [3.05, 3.63) is 39.4 Å². The molecule has 10 nitrogen and oxygen atoms in total. The third-order valence-electron chi connectivity index (χ3n) is 10.0. The topological polar surface area (TPSA) is 161 Å². The summed E-state index contributed by atoms with van der Waals surface area (Å²) in [6.07, 6.45) is 5.30. The number of aromatic amines is 1. The molecule has 0 unspecified atom stereocenters. The average molecular weight is 595 g/mol. The highest BCUT2D eigenvalue weighted by Gasteiger charge is 2.40. The Balaban J connectivity index is 1.71. The number of carbonyl (C=O) groups is 4. The summed E-state index contributed by atoms with van der Waals surface area (Å²) >= 11 is 0. The lowest BCUT2D eigenvalue weighted by Gasteiger charge is -2.19. The van der Waals surface area contributed by atoms with Crippen molar-refractivity contribution in [1.82, 2.24) is 15.6 Å². The number of nitrogens with one attached hydrogen (secondary N) is 3. The number of carboxylic acids is 2. The number of aromatic nitrogens is 1. The molecule has 2 fully saturated rings. The van der Waals surface area contributed by atoms with Gasteiger partial charge in [0.25, 0.3) is 0 Å². The SMILES string of the molecule is CC[C@H]1[C@H](CC2=N/C(=C\c3[nH]c(C[C@@H]4NC(=O)[C@H](CC)[C@H]4C)c(C)c3CCC(=O)O)C(CCC(=O)O)=C2C)NC(=O)[C@@H]1C. The van der Waals surface area contributed by atoms with E-state index in [2.05, 4.69) is 29.5 Å². The summed E-state index contributed by atoms with van der Waals surface area (Å²) < 4.78 is 0. The highest BCUT2D eigenvalue weighted by atomic mass is 16.4. The van der Waals surface area contributed by atoms with Crippen LogP contribution >= 0.6 is 0 Å². The monoisotopic (exact) mass is 594 g/mol. The van der Waals surface area contributed by atoms with Crippen molar-refractivity contribution in [2.75, 3.05) is 0 Å². The van der Waals surface area contributed by atoms with Crippen LogP contribution in [0.4, 0.5) is 0 Å². The van der Waals surface area contributed by atoms with Crippen LogP contribution in [0.1, 0.15) is 95.7 Å². The van der Waals surface area contributed by atoms with Gasteiger partial charge in [-0.25, -0.2) is 0 Å². The highest BCUT2D eigenvalue weighted by molar-refractivity contribution is 6.06. The van der Waals surface area contributed by atoms with Crippen LogP contribution in [0.5, 0.6) is 0 Å². The van der Waals surface area contributed by atoms with Gasteiger partial charge in [-0.2, -0.15) is 0 Å². The van der Waals surface area contributed by atoms with E-state index in [1.165, 1.54) is 0 Å². The van der Waals surface area contributed by atoms with Crippen LogP contribution < -0.4 is 10.6 Å². The van der Waals surface area contributed by atoms with Crippen LogP contribution in [-0.4, -0.2) is 56.7 Å². The van der Waals surface area contributed by atoms with Crippen LogP contribution in [0, 0.1) is 30.6 Å². The largest absolute Gasteiger partial charge is 0.481 e. The maximum absolute atomic E-state index is 12.5. The zero-order chi connectivity index (χ0) is 31.6. The molecule has 1 aromatic heterocycles. The number of aliphatic carboxylic acids is 2. The molecule has 5 N–H and O–H groups in total. The second kappa shape index (κ2) is 13.3. The van der Waals surface area contributed by atoms with Crippen molar-refractivity contribution in [3.63, 3.8) is 0 Å². The fourth-order valence-corrected chi connectivity index (χ4v) is 7.23. The molecule has 0 radical (unpaired) electrons. The van der Waals surface area contributed by atoms with E-state index >= 15 is 0 Å². The molecule has 234 valence electrons. The fourth-order valence-electron chi connectivity index (χ4n) is 7.23. The van der Waals surface area contributed by atoms with Crippen molar-refractivity contribution in [3.8, 4) is 0 Å². The van der Waals surface area contributed by atoms with Crippen molar-refractivity contribution >= 4 is 35.5 Å². The second-order valence-electron chi connectivity index (χ2n) is 12.5. The van der Waals surface area contributed by atoms with E-state index in [9.17, 15) is 29.4 Å². The Morgan fingerprint density at radius 3 is 2.16 bits per heavy atom. The molecular weight excluding hydrogens is 548 g/mol. The van der Waals surface area contributed by atoms with Crippen LogP contribution in [0.2, 0.25) is 0 Å². The molecule has 4 heterocycles. The molecule has 4 rings (SSSR count). The van der Waals surface area contributed by atoms with E-state index in [4.69, 9.17) is 4.99 Å². The minimum atomic E-state index is -0.894. The van der Waals surface area contributed by atoms with Crippen molar-refractivity contribution < 1.29 is 29.4 Å². The number of H-pyrrole nitrogens is 1. The molecule has 6 atom stereocenters. The standard InChI is InChI=1S/C33H46N4O6/c1-7-20-19(6)32(42)37-27(20)14-25-18(5)23(10-12-31(40)41)29(35-25)15-28-22(9-11-30(38)39)17(4)24(34-28)13-26-16(3)21(8-2)33(43)36-26/h15-16,19-21,26-27,34H,7-14H2,1-6H3,(H,36,43)(H,37,42)(H,38,39)(H,40,41)/b29-15-/t16-,19-,20-,21-,26+,27+/m1/s1. The first-order valence-corrected chi connectivity index (χ1v) is 15.6. The molecule has 0 saturated carbocycles. The Bertz CT molecular complexity index is 1390. The third kappa shape index (κ3) is 6.78. The maximum Gasteiger partial charge on any atom is 0.303 e. The van der Waals surface area contributed by atoms with Gasteiger partial charge in [-0.1, -0.05) is 34.1 Å². The first kappa shape index (κ1) is 32.2. The van der Waals surface area contributed by atoms with Crippen molar-refractivity contribution in [2.45, 2.75) is 105 Å². The maximum atomic E-state index is 12.5. The Labute approximate surface area is 253 Å². The lowest BCUT2D eigenvalue weighted by molar-refractivity contribution is -0.138. The van der Waals surface area contributed by atoms with E-state index in [0.29, 0.717) is 31.4 Å². The minimum absolute atomic E-state index is 0.0237. The first-order chi connectivity index (χ1) is 20.4. The lowest BCUT2D eigenvalue weighted by atomic mass is 9.86. The Hall–Kier alpha value is -3.69. The second-order valence-corrected chi connectivity index (χ2v) is 12.5. The summed E-state index contributed by atoms with van der Waals surface area (Å²) in [5.41, 5.74) is 6.85. The van der Waals surface area contributed by atoms with E-state index in [0.717, 1.165) is 52.2 Å². The van der Waals surface area contributed by atoms with Crippen LogP contribution in [0.15, 0.2) is 21.8 Å². The Morgan fingerprint density at radius 2 is 1.56 bits per heavy atom. The summed E-state index contributed by atoms with van der Waals surface area (Å²) in [6.45, 7) is 12.1. The van der Waals surface area contributed by atoms with Crippen molar-refractivity contribution in [2.24, 2.45) is 28.7 Å². The van der Waals surface area contributed by atoms with Crippen LogP contribution in [0.3, 0.4) is 0 Å². The average Bonchev–Trinajstić information content (AvgIpc) is 3.59. The van der Waals surface area contributed by atoms with Gasteiger partial charge < -0.3 is 25.8 Å². The van der Waals surface area contributed by atoms with E-state index in [1.807, 2.05) is 33.8 Å². The normalized spacial score (nSPS) is 28.0. The lowest BCUT2D eigenvalue weighted by Crippen LogP contribution is -2.31. The Morgan fingerprint density at radius 1 is 0.907 bits per heavy atom. The number of carbonyl (C=O) groups excluding carboxylic acids is 2. The summed E-state index contributed by atoms with van der Waals surface area (Å²) in [6, 6.07) is -0.0650. The molecule has 43 heavy (non-hydrogen) atoms. The van der Waals surface area contributed by atoms with E-state index < -0.39 is 11.9 Å². The third-order valence-corrected chi connectivity index (χ3v) is 10.0. The molecule has 3 aliphatic heterocycles. The predicted molar refractivity (Wildman–Crippen MR) is 165 cm³/mol. The van der Waals surface area contributed by atoms with E-state index in [-0.39, 0.29) is 60.4 Å². The van der Waals surface area contributed by atoms with Gasteiger partial charge in [0.05, 0.1) is 5.70 Å². The summed E-state index contributed by atoms with van der Waals surface area (Å²) in [5.74, 6) is -1.38. The number of allylic oxidation sites excluding steroid dienone is 2. The molecule has 0 bridgehead atoms. The fraction of sp³-hybridized carbons (Fsp3) is 0.606.